The Kier molecular flexibility index (Phi) is 5.98. The molecule has 0 saturated carbocycles. The molecule has 0 spiro atoms. The quantitative estimate of drug-likeness (QED) is 0.580. The Bertz CT molecular complexity index is 892. The zero-order chi connectivity index (χ0) is 18.5. The Morgan fingerprint density at radius 1 is 1.08 bits per heavy atom. The SMILES string of the molecule is COc1ccc(NC(=S)Nc2cnn(Cc3c(Cl)cccc3Cl)c2)cc1. The summed E-state index contributed by atoms with van der Waals surface area (Å²) in [4.78, 5) is 0. The van der Waals surface area contributed by atoms with Crippen LogP contribution in [0.3, 0.4) is 0 Å². The number of methoxy groups -OCH3 is 1. The van der Waals surface area contributed by atoms with Crippen LogP contribution in [-0.2, 0) is 6.54 Å². The highest BCUT2D eigenvalue weighted by Gasteiger charge is 2.08. The van der Waals surface area contributed by atoms with Gasteiger partial charge in [-0.3, -0.25) is 4.68 Å². The summed E-state index contributed by atoms with van der Waals surface area (Å²) in [6.07, 6.45) is 3.52. The van der Waals surface area contributed by atoms with Crippen LogP contribution in [0.4, 0.5) is 11.4 Å². The number of hydrogen-bond donors (Lipinski definition) is 2. The predicted octanol–water partition coefficient (Wildman–Crippen LogP) is 5.06. The maximum atomic E-state index is 6.20. The smallest absolute Gasteiger partial charge is 0.175 e. The Labute approximate surface area is 166 Å². The van der Waals surface area contributed by atoms with Crippen molar-refractivity contribution in [3.63, 3.8) is 0 Å². The van der Waals surface area contributed by atoms with E-state index in [4.69, 9.17) is 40.2 Å². The number of halogens is 2. The van der Waals surface area contributed by atoms with Crippen LogP contribution >= 0.6 is 35.4 Å². The van der Waals surface area contributed by atoms with Gasteiger partial charge in [0.1, 0.15) is 5.75 Å². The number of ether oxygens (including phenoxy) is 1. The molecular weight excluding hydrogens is 391 g/mol. The molecule has 0 amide bonds. The fourth-order valence-corrected chi connectivity index (χ4v) is 3.08. The Morgan fingerprint density at radius 3 is 2.38 bits per heavy atom. The van der Waals surface area contributed by atoms with E-state index in [9.17, 15) is 0 Å². The number of nitrogens with one attached hydrogen (secondary N) is 2. The summed E-state index contributed by atoms with van der Waals surface area (Å²) in [6, 6.07) is 12.9. The van der Waals surface area contributed by atoms with E-state index in [1.54, 1.807) is 30.1 Å². The molecular formula is C18H16Cl2N4OS. The zero-order valence-corrected chi connectivity index (χ0v) is 16.2. The lowest BCUT2D eigenvalue weighted by molar-refractivity contribution is 0.415. The summed E-state index contributed by atoms with van der Waals surface area (Å²) in [7, 11) is 1.63. The highest BCUT2D eigenvalue weighted by molar-refractivity contribution is 7.80. The molecule has 0 bridgehead atoms. The third-order valence-corrected chi connectivity index (χ3v) is 4.53. The van der Waals surface area contributed by atoms with Crippen LogP contribution in [0.1, 0.15) is 5.56 Å². The molecule has 0 saturated heterocycles. The summed E-state index contributed by atoms with van der Waals surface area (Å²) < 4.78 is 6.87. The van der Waals surface area contributed by atoms with Gasteiger partial charge in [0.2, 0.25) is 0 Å². The van der Waals surface area contributed by atoms with Crippen LogP contribution in [0.15, 0.2) is 54.9 Å². The zero-order valence-electron chi connectivity index (χ0n) is 13.9. The molecule has 0 aliphatic rings. The van der Waals surface area contributed by atoms with Gasteiger partial charge in [-0.15, -0.1) is 0 Å². The minimum atomic E-state index is 0.463. The van der Waals surface area contributed by atoms with Crippen molar-refractivity contribution in [1.29, 1.82) is 0 Å². The van der Waals surface area contributed by atoms with Gasteiger partial charge < -0.3 is 15.4 Å². The summed E-state index contributed by atoms with van der Waals surface area (Å²) in [5.41, 5.74) is 2.45. The maximum absolute atomic E-state index is 6.20. The average Bonchev–Trinajstić information content (AvgIpc) is 3.06. The molecule has 2 aromatic carbocycles. The number of hydrogen-bond acceptors (Lipinski definition) is 3. The normalized spacial score (nSPS) is 10.4. The summed E-state index contributed by atoms with van der Waals surface area (Å²) in [6.45, 7) is 0.471. The molecule has 0 fully saturated rings. The van der Waals surface area contributed by atoms with Crippen molar-refractivity contribution in [3.05, 3.63) is 70.5 Å². The lowest BCUT2D eigenvalue weighted by Crippen LogP contribution is -2.18. The fraction of sp³-hybridized carbons (Fsp3) is 0.111. The third-order valence-electron chi connectivity index (χ3n) is 3.62. The largest absolute Gasteiger partial charge is 0.497 e. The predicted molar refractivity (Wildman–Crippen MR) is 111 cm³/mol. The first kappa shape index (κ1) is 18.5. The van der Waals surface area contributed by atoms with E-state index in [1.165, 1.54) is 0 Å². The number of nitrogens with zero attached hydrogens (tertiary/aromatic N) is 2. The molecule has 1 aromatic heterocycles. The molecule has 26 heavy (non-hydrogen) atoms. The topological polar surface area (TPSA) is 51.1 Å². The van der Waals surface area contributed by atoms with E-state index in [1.807, 2.05) is 36.5 Å². The number of rotatable bonds is 5. The first-order chi connectivity index (χ1) is 12.5. The van der Waals surface area contributed by atoms with Crippen LogP contribution in [0.25, 0.3) is 0 Å². The van der Waals surface area contributed by atoms with E-state index in [0.717, 1.165) is 22.7 Å². The van der Waals surface area contributed by atoms with Gasteiger partial charge in [0.15, 0.2) is 5.11 Å². The Hall–Kier alpha value is -2.28. The van der Waals surface area contributed by atoms with Gasteiger partial charge in [-0.1, -0.05) is 29.3 Å². The molecule has 3 aromatic rings. The van der Waals surface area contributed by atoms with Crippen molar-refractivity contribution in [2.45, 2.75) is 6.54 Å². The minimum absolute atomic E-state index is 0.463. The van der Waals surface area contributed by atoms with Gasteiger partial charge >= 0.3 is 0 Å². The second-order valence-corrected chi connectivity index (χ2v) is 6.66. The van der Waals surface area contributed by atoms with Gasteiger partial charge in [0.25, 0.3) is 0 Å². The van der Waals surface area contributed by atoms with Crippen molar-refractivity contribution < 1.29 is 4.74 Å². The van der Waals surface area contributed by atoms with Crippen LogP contribution in [0, 0.1) is 0 Å². The lowest BCUT2D eigenvalue weighted by Gasteiger charge is -2.09. The highest BCUT2D eigenvalue weighted by atomic mass is 35.5. The molecule has 0 aliphatic carbocycles. The monoisotopic (exact) mass is 406 g/mol. The second-order valence-electron chi connectivity index (χ2n) is 5.43. The van der Waals surface area contributed by atoms with Gasteiger partial charge in [-0.25, -0.2) is 0 Å². The molecule has 2 N–H and O–H groups in total. The van der Waals surface area contributed by atoms with E-state index >= 15 is 0 Å². The minimum Gasteiger partial charge on any atom is -0.497 e. The average molecular weight is 407 g/mol. The molecule has 134 valence electrons. The summed E-state index contributed by atoms with van der Waals surface area (Å²) >= 11 is 17.7. The number of thiocarbonyl (C=S) groups is 1. The van der Waals surface area contributed by atoms with Crippen molar-refractivity contribution in [3.8, 4) is 5.75 Å². The molecule has 5 nitrogen and oxygen atoms in total. The summed E-state index contributed by atoms with van der Waals surface area (Å²) in [5.74, 6) is 0.786. The molecule has 0 atom stereocenters. The highest BCUT2D eigenvalue weighted by Crippen LogP contribution is 2.25. The molecule has 8 heteroatoms. The van der Waals surface area contributed by atoms with Crippen molar-refractivity contribution in [2.75, 3.05) is 17.7 Å². The fourth-order valence-electron chi connectivity index (χ4n) is 2.33. The van der Waals surface area contributed by atoms with Gasteiger partial charge in [-0.2, -0.15) is 5.10 Å². The molecule has 3 rings (SSSR count). The van der Waals surface area contributed by atoms with E-state index in [2.05, 4.69) is 15.7 Å². The van der Waals surface area contributed by atoms with Crippen LogP contribution in [0.5, 0.6) is 5.75 Å². The standard InChI is InChI=1S/C18H16Cl2N4OS/c1-25-14-7-5-12(6-8-14)22-18(26)23-13-9-21-24(10-13)11-15-16(19)3-2-4-17(15)20/h2-10H,11H2,1H3,(H2,22,23,26). The number of anilines is 2. The van der Waals surface area contributed by atoms with Crippen molar-refractivity contribution >= 4 is 51.9 Å². The second kappa shape index (κ2) is 8.40. The molecule has 0 aliphatic heterocycles. The van der Waals surface area contributed by atoms with Crippen molar-refractivity contribution in [2.24, 2.45) is 0 Å². The van der Waals surface area contributed by atoms with Crippen LogP contribution in [0.2, 0.25) is 10.0 Å². The van der Waals surface area contributed by atoms with Crippen LogP contribution < -0.4 is 15.4 Å². The molecule has 0 radical (unpaired) electrons. The maximum Gasteiger partial charge on any atom is 0.175 e. The van der Waals surface area contributed by atoms with E-state index in [0.29, 0.717) is 21.7 Å². The number of benzene rings is 2. The van der Waals surface area contributed by atoms with Gasteiger partial charge in [0.05, 0.1) is 25.5 Å². The van der Waals surface area contributed by atoms with E-state index < -0.39 is 0 Å². The molecule has 1 heterocycles. The van der Waals surface area contributed by atoms with Crippen molar-refractivity contribution in [1.82, 2.24) is 9.78 Å². The first-order valence-corrected chi connectivity index (χ1v) is 8.89. The van der Waals surface area contributed by atoms with Gasteiger partial charge in [0, 0.05) is 27.5 Å². The third kappa shape index (κ3) is 4.66. The summed E-state index contributed by atoms with van der Waals surface area (Å²) in [5, 5.41) is 12.2. The first-order valence-electron chi connectivity index (χ1n) is 7.72. The lowest BCUT2D eigenvalue weighted by atomic mass is 10.2. The number of aromatic nitrogens is 2. The molecule has 0 unspecified atom stereocenters. The van der Waals surface area contributed by atoms with E-state index in [-0.39, 0.29) is 0 Å². The Balaban J connectivity index is 1.61. The Morgan fingerprint density at radius 2 is 1.73 bits per heavy atom. The van der Waals surface area contributed by atoms with Crippen LogP contribution in [-0.4, -0.2) is 22.0 Å². The van der Waals surface area contributed by atoms with Gasteiger partial charge in [-0.05, 0) is 48.6 Å².